The van der Waals surface area contributed by atoms with Crippen molar-refractivity contribution in [1.82, 2.24) is 14.8 Å². The standard InChI is InChI=1S/C25H20ClN5O4/c1-35-21-11-7-16(8-12-21)22-14-23(17-5-9-19(26)10-6-17)30-25(27-15-28-30)29(22)24(32)18-3-2-4-20(13-18)31(33)34/h2-13,15,22-23H,14H2,1H3. The molecule has 0 saturated carbocycles. The number of non-ortho nitro benzene ring substituents is 1. The molecule has 2 heterocycles. The third kappa shape index (κ3) is 4.22. The first-order valence-corrected chi connectivity index (χ1v) is 11.2. The first kappa shape index (κ1) is 22.5. The second kappa shape index (κ2) is 9.19. The van der Waals surface area contributed by atoms with Gasteiger partial charge in [0, 0.05) is 22.7 Å². The molecular weight excluding hydrogens is 470 g/mol. The molecule has 1 aromatic heterocycles. The minimum absolute atomic E-state index is 0.158. The van der Waals surface area contributed by atoms with Crippen molar-refractivity contribution in [2.75, 3.05) is 12.0 Å². The molecule has 1 amide bonds. The van der Waals surface area contributed by atoms with Crippen LogP contribution in [0.25, 0.3) is 0 Å². The van der Waals surface area contributed by atoms with Gasteiger partial charge in [-0.25, -0.2) is 4.68 Å². The number of nitro benzene ring substituents is 1. The van der Waals surface area contributed by atoms with Gasteiger partial charge in [0.15, 0.2) is 0 Å². The number of nitrogens with zero attached hydrogens (tertiary/aromatic N) is 5. The second-order valence-corrected chi connectivity index (χ2v) is 8.52. The van der Waals surface area contributed by atoms with Gasteiger partial charge < -0.3 is 4.74 Å². The average Bonchev–Trinajstić information content (AvgIpc) is 3.38. The number of carbonyl (C=O) groups excluding carboxylic acids is 1. The molecule has 2 unspecified atom stereocenters. The van der Waals surface area contributed by atoms with Gasteiger partial charge in [0.25, 0.3) is 11.6 Å². The van der Waals surface area contributed by atoms with Gasteiger partial charge in [0.05, 0.1) is 24.1 Å². The largest absolute Gasteiger partial charge is 0.497 e. The molecule has 1 aliphatic rings. The molecule has 4 aromatic rings. The van der Waals surface area contributed by atoms with Crippen molar-refractivity contribution in [2.45, 2.75) is 18.5 Å². The van der Waals surface area contributed by atoms with E-state index in [2.05, 4.69) is 10.1 Å². The maximum Gasteiger partial charge on any atom is 0.270 e. The van der Waals surface area contributed by atoms with Crippen molar-refractivity contribution in [2.24, 2.45) is 0 Å². The highest BCUT2D eigenvalue weighted by Gasteiger charge is 2.40. The number of halogens is 1. The van der Waals surface area contributed by atoms with Crippen molar-refractivity contribution in [3.63, 3.8) is 0 Å². The fraction of sp³-hybridized carbons (Fsp3) is 0.160. The van der Waals surface area contributed by atoms with Crippen LogP contribution in [0, 0.1) is 10.1 Å². The quantitative estimate of drug-likeness (QED) is 0.281. The molecular formula is C25H20ClN5O4. The van der Waals surface area contributed by atoms with Gasteiger partial charge >= 0.3 is 0 Å². The highest BCUT2D eigenvalue weighted by atomic mass is 35.5. The number of hydrogen-bond donors (Lipinski definition) is 0. The number of ether oxygens (including phenoxy) is 1. The third-order valence-electron chi connectivity index (χ3n) is 6.10. The zero-order chi connectivity index (χ0) is 24.5. The van der Waals surface area contributed by atoms with E-state index < -0.39 is 16.9 Å². The van der Waals surface area contributed by atoms with Crippen molar-refractivity contribution in [3.8, 4) is 5.75 Å². The number of aromatic nitrogens is 3. The van der Waals surface area contributed by atoms with Crippen molar-refractivity contribution in [1.29, 1.82) is 0 Å². The fourth-order valence-electron chi connectivity index (χ4n) is 4.39. The highest BCUT2D eigenvalue weighted by molar-refractivity contribution is 6.30. The molecule has 1 aliphatic heterocycles. The lowest BCUT2D eigenvalue weighted by Crippen LogP contribution is -2.42. The molecule has 10 heteroatoms. The molecule has 2 atom stereocenters. The van der Waals surface area contributed by atoms with Gasteiger partial charge in [-0.15, -0.1) is 0 Å². The third-order valence-corrected chi connectivity index (χ3v) is 6.35. The van der Waals surface area contributed by atoms with E-state index in [0.717, 1.165) is 11.1 Å². The van der Waals surface area contributed by atoms with Crippen LogP contribution in [0.3, 0.4) is 0 Å². The second-order valence-electron chi connectivity index (χ2n) is 8.08. The summed E-state index contributed by atoms with van der Waals surface area (Å²) in [5.74, 6) is 0.644. The number of fused-ring (bicyclic) bond motifs is 1. The number of carbonyl (C=O) groups is 1. The molecule has 0 fully saturated rings. The molecule has 0 N–H and O–H groups in total. The Bertz CT molecular complexity index is 1390. The van der Waals surface area contributed by atoms with E-state index in [-0.39, 0.29) is 17.3 Å². The van der Waals surface area contributed by atoms with E-state index in [4.69, 9.17) is 16.3 Å². The van der Waals surface area contributed by atoms with E-state index in [1.165, 1.54) is 24.5 Å². The number of amides is 1. The molecule has 0 bridgehead atoms. The highest BCUT2D eigenvalue weighted by Crippen LogP contribution is 2.43. The molecule has 0 aliphatic carbocycles. The van der Waals surface area contributed by atoms with E-state index in [0.29, 0.717) is 23.1 Å². The maximum absolute atomic E-state index is 13.8. The minimum atomic E-state index is -0.521. The Morgan fingerprint density at radius 1 is 1.06 bits per heavy atom. The van der Waals surface area contributed by atoms with Gasteiger partial charge in [0.1, 0.15) is 12.1 Å². The number of nitro groups is 1. The summed E-state index contributed by atoms with van der Waals surface area (Å²) in [7, 11) is 1.59. The Kier molecular flexibility index (Phi) is 5.92. The number of methoxy groups -OCH3 is 1. The lowest BCUT2D eigenvalue weighted by Gasteiger charge is -2.39. The van der Waals surface area contributed by atoms with E-state index in [9.17, 15) is 14.9 Å². The smallest absolute Gasteiger partial charge is 0.270 e. The minimum Gasteiger partial charge on any atom is -0.497 e. The summed E-state index contributed by atoms with van der Waals surface area (Å²) in [6, 6.07) is 20.1. The van der Waals surface area contributed by atoms with Gasteiger partial charge in [-0.1, -0.05) is 41.9 Å². The van der Waals surface area contributed by atoms with Crippen LogP contribution in [0.2, 0.25) is 5.02 Å². The summed E-state index contributed by atoms with van der Waals surface area (Å²) in [5, 5.41) is 16.3. The van der Waals surface area contributed by atoms with Crippen LogP contribution in [0.5, 0.6) is 5.75 Å². The molecule has 0 saturated heterocycles. The number of benzene rings is 3. The van der Waals surface area contributed by atoms with E-state index >= 15 is 0 Å². The Morgan fingerprint density at radius 3 is 2.43 bits per heavy atom. The van der Waals surface area contributed by atoms with Gasteiger partial charge in [-0.05, 0) is 47.9 Å². The van der Waals surface area contributed by atoms with E-state index in [1.807, 2.05) is 48.5 Å². The van der Waals surface area contributed by atoms with Gasteiger partial charge in [-0.2, -0.15) is 10.1 Å². The summed E-state index contributed by atoms with van der Waals surface area (Å²) >= 11 is 6.10. The molecule has 5 rings (SSSR count). The Morgan fingerprint density at radius 2 is 1.74 bits per heavy atom. The fourth-order valence-corrected chi connectivity index (χ4v) is 4.52. The number of hydrogen-bond acceptors (Lipinski definition) is 6. The zero-order valence-corrected chi connectivity index (χ0v) is 19.4. The van der Waals surface area contributed by atoms with Crippen LogP contribution in [-0.4, -0.2) is 32.7 Å². The number of anilines is 1. The van der Waals surface area contributed by atoms with Gasteiger partial charge in [0.2, 0.25) is 5.95 Å². The van der Waals surface area contributed by atoms with Crippen molar-refractivity contribution in [3.05, 3.63) is 111 Å². The summed E-state index contributed by atoms with van der Waals surface area (Å²) < 4.78 is 7.00. The molecule has 176 valence electrons. The monoisotopic (exact) mass is 489 g/mol. The molecule has 35 heavy (non-hydrogen) atoms. The first-order valence-electron chi connectivity index (χ1n) is 10.8. The van der Waals surface area contributed by atoms with Gasteiger partial charge in [-0.3, -0.25) is 19.8 Å². The molecule has 3 aromatic carbocycles. The maximum atomic E-state index is 13.8. The number of rotatable bonds is 5. The topological polar surface area (TPSA) is 103 Å². The molecule has 0 spiro atoms. The SMILES string of the molecule is COc1ccc(C2CC(c3ccc(Cl)cc3)n3ncnc3N2C(=O)c2cccc([N+](=O)[O-])c2)cc1. The van der Waals surface area contributed by atoms with Crippen molar-refractivity contribution < 1.29 is 14.5 Å². The van der Waals surface area contributed by atoms with Crippen molar-refractivity contribution >= 4 is 29.1 Å². The van der Waals surface area contributed by atoms with Crippen LogP contribution in [0.1, 0.15) is 40.0 Å². The Hall–Kier alpha value is -4.24. The lowest BCUT2D eigenvalue weighted by atomic mass is 9.91. The van der Waals surface area contributed by atoms with Crippen LogP contribution in [-0.2, 0) is 0 Å². The lowest BCUT2D eigenvalue weighted by molar-refractivity contribution is -0.384. The van der Waals surface area contributed by atoms with Crippen LogP contribution in [0.15, 0.2) is 79.1 Å². The predicted octanol–water partition coefficient (Wildman–Crippen LogP) is 5.23. The van der Waals surface area contributed by atoms with Crippen LogP contribution in [0.4, 0.5) is 11.6 Å². The van der Waals surface area contributed by atoms with Crippen LogP contribution >= 0.6 is 11.6 Å². The summed E-state index contributed by atoms with van der Waals surface area (Å²) in [6.45, 7) is 0. The molecule has 9 nitrogen and oxygen atoms in total. The zero-order valence-electron chi connectivity index (χ0n) is 18.6. The Balaban J connectivity index is 1.63. The summed E-state index contributed by atoms with van der Waals surface area (Å²) in [5.41, 5.74) is 1.88. The summed E-state index contributed by atoms with van der Waals surface area (Å²) in [6.07, 6.45) is 1.91. The predicted molar refractivity (Wildman–Crippen MR) is 130 cm³/mol. The summed E-state index contributed by atoms with van der Waals surface area (Å²) in [4.78, 5) is 30.6. The van der Waals surface area contributed by atoms with Crippen LogP contribution < -0.4 is 9.64 Å². The first-order chi connectivity index (χ1) is 17.0. The molecule has 0 radical (unpaired) electrons. The average molecular weight is 490 g/mol. The van der Waals surface area contributed by atoms with E-state index in [1.54, 1.807) is 22.8 Å². The normalized spacial score (nSPS) is 17.0. The Labute approximate surface area is 205 Å².